The van der Waals surface area contributed by atoms with Crippen LogP contribution in [0.25, 0.3) is 0 Å². The van der Waals surface area contributed by atoms with Crippen molar-refractivity contribution in [2.24, 2.45) is 10.4 Å². The van der Waals surface area contributed by atoms with Gasteiger partial charge in [0.2, 0.25) is 5.91 Å². The maximum absolute atomic E-state index is 12.9. The summed E-state index contributed by atoms with van der Waals surface area (Å²) in [5.41, 5.74) is -0.366. The molecule has 30 heavy (non-hydrogen) atoms. The van der Waals surface area contributed by atoms with Crippen molar-refractivity contribution < 1.29 is 18.0 Å². The van der Waals surface area contributed by atoms with E-state index in [1.54, 1.807) is 13.1 Å². The number of nitrogens with one attached hydrogen (secondary N) is 2. The van der Waals surface area contributed by atoms with Gasteiger partial charge in [0.15, 0.2) is 5.96 Å². The minimum atomic E-state index is -4.32. The fourth-order valence-corrected chi connectivity index (χ4v) is 3.17. The number of hydrogen-bond acceptors (Lipinski definition) is 3. The third-order valence-electron chi connectivity index (χ3n) is 4.92. The predicted molar refractivity (Wildman–Crippen MR) is 112 cm³/mol. The fraction of sp³-hybridized carbons (Fsp3) is 0.619. The minimum absolute atomic E-state index is 0.00231. The lowest BCUT2D eigenvalue weighted by molar-refractivity contribution is -0.137. The second-order valence-corrected chi connectivity index (χ2v) is 8.44. The monoisotopic (exact) mass is 427 g/mol. The molecule has 6 nitrogen and oxygen atoms in total. The molecule has 0 unspecified atom stereocenters. The van der Waals surface area contributed by atoms with Gasteiger partial charge >= 0.3 is 6.18 Å². The van der Waals surface area contributed by atoms with Gasteiger partial charge in [0, 0.05) is 58.3 Å². The number of carbonyl (C=O) groups is 1. The molecule has 0 aliphatic carbocycles. The molecule has 1 aliphatic heterocycles. The number of alkyl halides is 3. The molecule has 168 valence electrons. The SMILES string of the molecule is CN=C(NCCNC(=O)C(C)(C)C)N1CCN(Cc2cccc(C(F)(F)F)c2)CC1. The first-order chi connectivity index (χ1) is 14.0. The quantitative estimate of drug-likeness (QED) is 0.431. The van der Waals surface area contributed by atoms with E-state index in [1.165, 1.54) is 12.1 Å². The molecule has 1 aromatic carbocycles. The molecule has 0 bridgehead atoms. The zero-order valence-electron chi connectivity index (χ0n) is 18.1. The molecule has 0 aromatic heterocycles. The van der Waals surface area contributed by atoms with E-state index < -0.39 is 17.2 Å². The molecule has 1 heterocycles. The van der Waals surface area contributed by atoms with Crippen LogP contribution in [0.2, 0.25) is 0 Å². The normalized spacial score (nSPS) is 16.5. The van der Waals surface area contributed by atoms with E-state index in [0.717, 1.165) is 38.2 Å². The Morgan fingerprint density at radius 2 is 1.70 bits per heavy atom. The van der Waals surface area contributed by atoms with Crippen LogP contribution in [0.15, 0.2) is 29.3 Å². The van der Waals surface area contributed by atoms with Crippen LogP contribution in [-0.2, 0) is 17.5 Å². The third-order valence-corrected chi connectivity index (χ3v) is 4.92. The Labute approximate surface area is 176 Å². The zero-order valence-corrected chi connectivity index (χ0v) is 18.1. The van der Waals surface area contributed by atoms with Gasteiger partial charge in [-0.2, -0.15) is 13.2 Å². The van der Waals surface area contributed by atoms with Crippen LogP contribution in [0.5, 0.6) is 0 Å². The van der Waals surface area contributed by atoms with Crippen molar-refractivity contribution in [3.63, 3.8) is 0 Å². The van der Waals surface area contributed by atoms with Crippen molar-refractivity contribution in [1.82, 2.24) is 20.4 Å². The number of guanidine groups is 1. The van der Waals surface area contributed by atoms with Gasteiger partial charge in [0.05, 0.1) is 5.56 Å². The second kappa shape index (κ2) is 10.1. The first kappa shape index (κ1) is 24.0. The smallest absolute Gasteiger partial charge is 0.354 e. The Morgan fingerprint density at radius 3 is 2.27 bits per heavy atom. The van der Waals surface area contributed by atoms with Gasteiger partial charge < -0.3 is 15.5 Å². The van der Waals surface area contributed by atoms with Crippen LogP contribution in [0.1, 0.15) is 31.9 Å². The summed E-state index contributed by atoms with van der Waals surface area (Å²) >= 11 is 0. The third kappa shape index (κ3) is 7.19. The minimum Gasteiger partial charge on any atom is -0.354 e. The number of nitrogens with zero attached hydrogens (tertiary/aromatic N) is 3. The summed E-state index contributed by atoms with van der Waals surface area (Å²) in [7, 11) is 1.71. The van der Waals surface area contributed by atoms with Gasteiger partial charge in [-0.3, -0.25) is 14.7 Å². The molecular weight excluding hydrogens is 395 g/mol. The van der Waals surface area contributed by atoms with Crippen molar-refractivity contribution >= 4 is 11.9 Å². The van der Waals surface area contributed by atoms with Gasteiger partial charge in [0.25, 0.3) is 0 Å². The molecule has 1 aliphatic rings. The Kier molecular flexibility index (Phi) is 8.11. The molecule has 9 heteroatoms. The summed E-state index contributed by atoms with van der Waals surface area (Å²) in [5.74, 6) is 0.765. The van der Waals surface area contributed by atoms with Crippen molar-refractivity contribution in [1.29, 1.82) is 0 Å². The average Bonchev–Trinajstić information content (AvgIpc) is 2.67. The summed E-state index contributed by atoms with van der Waals surface area (Å²) in [6, 6.07) is 5.51. The molecule has 0 spiro atoms. The molecule has 1 fully saturated rings. The van der Waals surface area contributed by atoms with Crippen molar-refractivity contribution in [3.05, 3.63) is 35.4 Å². The van der Waals surface area contributed by atoms with Crippen LogP contribution in [0.3, 0.4) is 0 Å². The standard InChI is InChI=1S/C21H32F3N5O/c1-20(2,3)18(30)26-8-9-27-19(25-4)29-12-10-28(11-13-29)15-16-6-5-7-17(14-16)21(22,23)24/h5-7,14H,8-13,15H2,1-4H3,(H,25,27)(H,26,30). The molecule has 1 saturated heterocycles. The molecule has 1 amide bonds. The fourth-order valence-electron chi connectivity index (χ4n) is 3.17. The molecule has 2 rings (SSSR count). The summed E-state index contributed by atoms with van der Waals surface area (Å²) in [6.45, 7) is 10.1. The number of carbonyl (C=O) groups excluding carboxylic acids is 1. The molecular formula is C21H32F3N5O. The van der Waals surface area contributed by atoms with E-state index in [-0.39, 0.29) is 5.91 Å². The highest BCUT2D eigenvalue weighted by atomic mass is 19.4. The Morgan fingerprint density at radius 1 is 1.07 bits per heavy atom. The average molecular weight is 428 g/mol. The van der Waals surface area contributed by atoms with E-state index in [4.69, 9.17) is 0 Å². The van der Waals surface area contributed by atoms with E-state index in [1.807, 2.05) is 20.8 Å². The Balaban J connectivity index is 1.78. The van der Waals surface area contributed by atoms with Crippen LogP contribution >= 0.6 is 0 Å². The maximum Gasteiger partial charge on any atom is 0.416 e. The van der Waals surface area contributed by atoms with Gasteiger partial charge in [-0.1, -0.05) is 39.0 Å². The second-order valence-electron chi connectivity index (χ2n) is 8.44. The highest BCUT2D eigenvalue weighted by molar-refractivity contribution is 5.82. The zero-order chi connectivity index (χ0) is 22.4. The lowest BCUT2D eigenvalue weighted by atomic mass is 9.96. The highest BCUT2D eigenvalue weighted by Crippen LogP contribution is 2.29. The lowest BCUT2D eigenvalue weighted by Gasteiger charge is -2.36. The van der Waals surface area contributed by atoms with E-state index in [9.17, 15) is 18.0 Å². The van der Waals surface area contributed by atoms with Gasteiger partial charge in [-0.15, -0.1) is 0 Å². The predicted octanol–water partition coefficient (Wildman–Crippen LogP) is 2.56. The number of piperazine rings is 1. The first-order valence-electron chi connectivity index (χ1n) is 10.1. The Bertz CT molecular complexity index is 735. The van der Waals surface area contributed by atoms with E-state index >= 15 is 0 Å². The van der Waals surface area contributed by atoms with Crippen LogP contribution in [0, 0.1) is 5.41 Å². The van der Waals surface area contributed by atoms with E-state index in [2.05, 4.69) is 25.4 Å². The van der Waals surface area contributed by atoms with Crippen molar-refractivity contribution in [3.8, 4) is 0 Å². The molecule has 0 radical (unpaired) electrons. The number of halogens is 3. The van der Waals surface area contributed by atoms with Crippen molar-refractivity contribution in [2.45, 2.75) is 33.5 Å². The summed E-state index contributed by atoms with van der Waals surface area (Å²) in [4.78, 5) is 20.5. The van der Waals surface area contributed by atoms with E-state index in [0.29, 0.717) is 25.2 Å². The first-order valence-corrected chi connectivity index (χ1v) is 10.1. The number of rotatable bonds is 5. The number of hydrogen-bond donors (Lipinski definition) is 2. The van der Waals surface area contributed by atoms with Gasteiger partial charge in [-0.25, -0.2) is 0 Å². The number of aliphatic imine (C=N–C) groups is 1. The van der Waals surface area contributed by atoms with Gasteiger partial charge in [0.1, 0.15) is 0 Å². The number of benzene rings is 1. The molecule has 1 aromatic rings. The van der Waals surface area contributed by atoms with Gasteiger partial charge in [-0.05, 0) is 11.6 Å². The summed E-state index contributed by atoms with van der Waals surface area (Å²) < 4.78 is 38.7. The molecule has 0 saturated carbocycles. The summed E-state index contributed by atoms with van der Waals surface area (Å²) in [6.07, 6.45) is -4.32. The van der Waals surface area contributed by atoms with Crippen molar-refractivity contribution in [2.75, 3.05) is 46.3 Å². The lowest BCUT2D eigenvalue weighted by Crippen LogP contribution is -2.53. The van der Waals surface area contributed by atoms with Crippen LogP contribution in [-0.4, -0.2) is 68.0 Å². The molecule has 2 N–H and O–H groups in total. The topological polar surface area (TPSA) is 60.0 Å². The van der Waals surface area contributed by atoms with Crippen LogP contribution in [0.4, 0.5) is 13.2 Å². The molecule has 0 atom stereocenters. The Hall–Kier alpha value is -2.29. The van der Waals surface area contributed by atoms with Crippen LogP contribution < -0.4 is 10.6 Å². The largest absolute Gasteiger partial charge is 0.416 e. The summed E-state index contributed by atoms with van der Waals surface area (Å²) in [5, 5.41) is 6.14. The highest BCUT2D eigenvalue weighted by Gasteiger charge is 2.30. The maximum atomic E-state index is 12.9. The number of amides is 1.